The van der Waals surface area contributed by atoms with Crippen molar-refractivity contribution in [3.63, 3.8) is 0 Å². The van der Waals surface area contributed by atoms with Gasteiger partial charge in [-0.1, -0.05) is 24.3 Å². The Kier molecular flexibility index (Phi) is 5.74. The minimum atomic E-state index is -0.378. The molecule has 2 rings (SSSR count). The summed E-state index contributed by atoms with van der Waals surface area (Å²) in [7, 11) is 0. The van der Waals surface area contributed by atoms with E-state index in [1.54, 1.807) is 24.3 Å². The number of carbonyl (C=O) groups is 2. The topological polar surface area (TPSA) is 81.4 Å². The maximum absolute atomic E-state index is 12.0. The molecule has 0 saturated heterocycles. The van der Waals surface area contributed by atoms with Crippen molar-refractivity contribution in [1.29, 1.82) is 0 Å². The van der Waals surface area contributed by atoms with Crippen LogP contribution in [0.1, 0.15) is 18.1 Å². The number of rotatable bonds is 7. The summed E-state index contributed by atoms with van der Waals surface area (Å²) in [4.78, 5) is 22.9. The summed E-state index contributed by atoms with van der Waals surface area (Å²) in [6.45, 7) is 2.54. The van der Waals surface area contributed by atoms with Gasteiger partial charge in [0.2, 0.25) is 11.8 Å². The van der Waals surface area contributed by atoms with Gasteiger partial charge in [-0.15, -0.1) is 0 Å². The zero-order valence-electron chi connectivity index (χ0n) is 13.0. The number of ether oxygens (including phenoxy) is 1. The van der Waals surface area contributed by atoms with Crippen molar-refractivity contribution in [3.8, 4) is 5.75 Å². The zero-order valence-corrected chi connectivity index (χ0v) is 13.0. The number of benzene rings is 2. The smallest absolute Gasteiger partial charge is 0.228 e. The maximum atomic E-state index is 12.0. The van der Waals surface area contributed by atoms with Crippen LogP contribution in [0.2, 0.25) is 0 Å². The summed E-state index contributed by atoms with van der Waals surface area (Å²) >= 11 is 0. The van der Waals surface area contributed by atoms with Gasteiger partial charge in [0.25, 0.3) is 0 Å². The first kappa shape index (κ1) is 16.5. The highest BCUT2D eigenvalue weighted by molar-refractivity contribution is 5.92. The van der Waals surface area contributed by atoms with Crippen LogP contribution in [0, 0.1) is 0 Å². The minimum absolute atomic E-state index is 0.100. The summed E-state index contributed by atoms with van der Waals surface area (Å²) in [5, 5.41) is 2.82. The third-order valence-electron chi connectivity index (χ3n) is 3.22. The van der Waals surface area contributed by atoms with Gasteiger partial charge in [-0.2, -0.15) is 0 Å². The lowest BCUT2D eigenvalue weighted by Crippen LogP contribution is -2.15. The monoisotopic (exact) mass is 312 g/mol. The van der Waals surface area contributed by atoms with Gasteiger partial charge in [-0.3, -0.25) is 9.59 Å². The van der Waals surface area contributed by atoms with Gasteiger partial charge in [0.15, 0.2) is 0 Å². The summed E-state index contributed by atoms with van der Waals surface area (Å²) in [5.41, 5.74) is 7.56. The van der Waals surface area contributed by atoms with E-state index < -0.39 is 0 Å². The molecule has 0 spiro atoms. The number of amides is 2. The van der Waals surface area contributed by atoms with Crippen LogP contribution >= 0.6 is 0 Å². The Bertz CT molecular complexity index is 664. The van der Waals surface area contributed by atoms with Crippen LogP contribution in [0.15, 0.2) is 48.5 Å². The van der Waals surface area contributed by atoms with E-state index in [4.69, 9.17) is 10.5 Å². The second kappa shape index (κ2) is 7.98. The molecule has 0 heterocycles. The van der Waals surface area contributed by atoms with Crippen LogP contribution in [-0.4, -0.2) is 18.4 Å². The summed E-state index contributed by atoms with van der Waals surface area (Å²) in [6, 6.07) is 14.5. The largest absolute Gasteiger partial charge is 0.494 e. The number of nitrogens with one attached hydrogen (secondary N) is 1. The molecule has 3 N–H and O–H groups in total. The Morgan fingerprint density at radius 3 is 2.09 bits per heavy atom. The highest BCUT2D eigenvalue weighted by Gasteiger charge is 2.05. The van der Waals surface area contributed by atoms with Crippen molar-refractivity contribution in [3.05, 3.63) is 59.7 Å². The third kappa shape index (κ3) is 5.47. The van der Waals surface area contributed by atoms with Gasteiger partial charge in [-0.05, 0) is 42.3 Å². The van der Waals surface area contributed by atoms with Gasteiger partial charge >= 0.3 is 0 Å². The van der Waals surface area contributed by atoms with Gasteiger partial charge in [0.05, 0.1) is 19.4 Å². The molecule has 0 saturated carbocycles. The Balaban J connectivity index is 1.90. The molecular formula is C18H20N2O3. The highest BCUT2D eigenvalue weighted by atomic mass is 16.5. The molecule has 120 valence electrons. The first-order valence-corrected chi connectivity index (χ1v) is 7.45. The van der Waals surface area contributed by atoms with Gasteiger partial charge < -0.3 is 15.8 Å². The molecular weight excluding hydrogens is 292 g/mol. The van der Waals surface area contributed by atoms with Crippen molar-refractivity contribution in [2.24, 2.45) is 5.73 Å². The molecule has 0 atom stereocenters. The quantitative estimate of drug-likeness (QED) is 0.823. The average Bonchev–Trinajstić information content (AvgIpc) is 2.51. The number of primary amides is 1. The van der Waals surface area contributed by atoms with E-state index in [0.717, 1.165) is 16.9 Å². The number of hydrogen-bond donors (Lipinski definition) is 2. The molecule has 2 aromatic carbocycles. The van der Waals surface area contributed by atoms with E-state index in [9.17, 15) is 9.59 Å². The van der Waals surface area contributed by atoms with E-state index in [1.807, 2.05) is 31.2 Å². The number of carbonyl (C=O) groups excluding carboxylic acids is 2. The molecule has 0 bridgehead atoms. The fraction of sp³-hybridized carbons (Fsp3) is 0.222. The molecule has 0 radical (unpaired) electrons. The number of anilines is 1. The lowest BCUT2D eigenvalue weighted by molar-refractivity contribution is -0.117. The molecule has 0 aliphatic carbocycles. The van der Waals surface area contributed by atoms with Crippen molar-refractivity contribution >= 4 is 17.5 Å². The first-order valence-electron chi connectivity index (χ1n) is 7.45. The Labute approximate surface area is 135 Å². The molecule has 0 fully saturated rings. The first-order chi connectivity index (χ1) is 11.1. The molecule has 23 heavy (non-hydrogen) atoms. The van der Waals surface area contributed by atoms with E-state index in [2.05, 4.69) is 5.32 Å². The SMILES string of the molecule is CCOc1ccc(CC(=O)Nc2ccc(CC(N)=O)cc2)cc1. The van der Waals surface area contributed by atoms with Crippen LogP contribution in [0.3, 0.4) is 0 Å². The van der Waals surface area contributed by atoms with Gasteiger partial charge in [0.1, 0.15) is 5.75 Å². The van der Waals surface area contributed by atoms with Crippen LogP contribution < -0.4 is 15.8 Å². The molecule has 5 heteroatoms. The summed E-state index contributed by atoms with van der Waals surface area (Å²) in [5.74, 6) is 0.316. The summed E-state index contributed by atoms with van der Waals surface area (Å²) < 4.78 is 5.37. The van der Waals surface area contributed by atoms with E-state index >= 15 is 0 Å². The van der Waals surface area contributed by atoms with Crippen LogP contribution in [0.4, 0.5) is 5.69 Å². The summed E-state index contributed by atoms with van der Waals surface area (Å²) in [6.07, 6.45) is 0.482. The van der Waals surface area contributed by atoms with Crippen LogP contribution in [-0.2, 0) is 22.4 Å². The lowest BCUT2D eigenvalue weighted by atomic mass is 10.1. The molecule has 0 aromatic heterocycles. The Morgan fingerprint density at radius 1 is 0.957 bits per heavy atom. The predicted octanol–water partition coefficient (Wildman–Crippen LogP) is 2.29. The standard InChI is InChI=1S/C18H20N2O3/c1-2-23-16-9-5-14(6-10-16)12-18(22)20-15-7-3-13(4-8-15)11-17(19)21/h3-10H,2,11-12H2,1H3,(H2,19,21)(H,20,22). The van der Waals surface area contributed by atoms with Gasteiger partial charge in [-0.25, -0.2) is 0 Å². The van der Waals surface area contributed by atoms with E-state index in [-0.39, 0.29) is 24.7 Å². The normalized spacial score (nSPS) is 10.1. The Morgan fingerprint density at radius 2 is 1.52 bits per heavy atom. The molecule has 0 unspecified atom stereocenters. The van der Waals surface area contributed by atoms with Crippen molar-refractivity contribution < 1.29 is 14.3 Å². The second-order valence-corrected chi connectivity index (χ2v) is 5.14. The van der Waals surface area contributed by atoms with Gasteiger partial charge in [0, 0.05) is 5.69 Å². The Hall–Kier alpha value is -2.82. The lowest BCUT2D eigenvalue weighted by Gasteiger charge is -2.07. The number of hydrogen-bond acceptors (Lipinski definition) is 3. The number of nitrogens with two attached hydrogens (primary N) is 1. The minimum Gasteiger partial charge on any atom is -0.494 e. The predicted molar refractivity (Wildman–Crippen MR) is 89.3 cm³/mol. The van der Waals surface area contributed by atoms with E-state index in [1.165, 1.54) is 0 Å². The zero-order chi connectivity index (χ0) is 16.7. The molecule has 2 aromatic rings. The third-order valence-corrected chi connectivity index (χ3v) is 3.22. The highest BCUT2D eigenvalue weighted by Crippen LogP contribution is 2.14. The maximum Gasteiger partial charge on any atom is 0.228 e. The molecule has 0 aliphatic heterocycles. The molecule has 0 aliphatic rings. The average molecular weight is 312 g/mol. The van der Waals surface area contributed by atoms with E-state index in [0.29, 0.717) is 12.3 Å². The fourth-order valence-electron chi connectivity index (χ4n) is 2.17. The van der Waals surface area contributed by atoms with Crippen molar-refractivity contribution in [1.82, 2.24) is 0 Å². The van der Waals surface area contributed by atoms with Crippen molar-refractivity contribution in [2.75, 3.05) is 11.9 Å². The fourth-order valence-corrected chi connectivity index (χ4v) is 2.17. The van der Waals surface area contributed by atoms with Crippen LogP contribution in [0.25, 0.3) is 0 Å². The molecule has 5 nitrogen and oxygen atoms in total. The second-order valence-electron chi connectivity index (χ2n) is 5.14. The molecule has 2 amide bonds. The van der Waals surface area contributed by atoms with Crippen molar-refractivity contribution in [2.45, 2.75) is 19.8 Å². The van der Waals surface area contributed by atoms with Crippen LogP contribution in [0.5, 0.6) is 5.75 Å².